The Bertz CT molecular complexity index is 577. The Kier molecular flexibility index (Phi) is 4.23. The molecule has 0 spiro atoms. The van der Waals surface area contributed by atoms with E-state index in [2.05, 4.69) is 22.6 Å². The highest BCUT2D eigenvalue weighted by atomic mass is 127. The van der Waals surface area contributed by atoms with Gasteiger partial charge in [0.1, 0.15) is 17.2 Å². The van der Waals surface area contributed by atoms with Crippen LogP contribution in [0, 0.1) is 10.5 Å². The molecule has 94 valence electrons. The fraction of sp³-hybridized carbons (Fsp3) is 0.154. The van der Waals surface area contributed by atoms with Crippen LogP contribution in [0.25, 0.3) is 0 Å². The van der Waals surface area contributed by atoms with E-state index in [1.165, 1.54) is 11.3 Å². The summed E-state index contributed by atoms with van der Waals surface area (Å²) < 4.78 is 6.77. The molecule has 0 aliphatic rings. The Morgan fingerprint density at radius 1 is 1.44 bits per heavy atom. The minimum atomic E-state index is -0.886. The zero-order chi connectivity index (χ0) is 13.1. The monoisotopic (exact) mass is 374 g/mol. The zero-order valence-corrected chi connectivity index (χ0v) is 12.6. The molecule has 0 bridgehead atoms. The van der Waals surface area contributed by atoms with Crippen LogP contribution in [0.5, 0.6) is 5.75 Å². The summed E-state index contributed by atoms with van der Waals surface area (Å²) in [7, 11) is 0. The van der Waals surface area contributed by atoms with E-state index in [9.17, 15) is 4.79 Å². The molecule has 0 radical (unpaired) electrons. The normalized spacial score (nSPS) is 10.3. The van der Waals surface area contributed by atoms with Crippen LogP contribution >= 0.6 is 33.9 Å². The Hall–Kier alpha value is -1.08. The highest BCUT2D eigenvalue weighted by molar-refractivity contribution is 14.1. The highest BCUT2D eigenvalue weighted by Gasteiger charge is 2.11. The molecule has 0 amide bonds. The number of ether oxygens (including phenoxy) is 1. The van der Waals surface area contributed by atoms with Gasteiger partial charge in [0.2, 0.25) is 0 Å². The molecule has 0 unspecified atom stereocenters. The van der Waals surface area contributed by atoms with Gasteiger partial charge in [-0.05, 0) is 53.8 Å². The van der Waals surface area contributed by atoms with Gasteiger partial charge in [-0.3, -0.25) is 0 Å². The second kappa shape index (κ2) is 5.71. The molecular weight excluding hydrogens is 363 g/mol. The molecule has 2 aromatic rings. The van der Waals surface area contributed by atoms with Crippen molar-refractivity contribution in [3.05, 3.63) is 49.2 Å². The van der Waals surface area contributed by atoms with E-state index in [0.29, 0.717) is 11.5 Å². The molecule has 1 N–H and O–H groups in total. The molecule has 0 saturated heterocycles. The molecule has 2 rings (SSSR count). The predicted molar refractivity (Wildman–Crippen MR) is 79.5 cm³/mol. The SMILES string of the molecule is Cc1sc(C(=O)O)cc1COc1cccc(I)c1. The first kappa shape index (κ1) is 13.4. The van der Waals surface area contributed by atoms with Crippen molar-refractivity contribution in [3.63, 3.8) is 0 Å². The van der Waals surface area contributed by atoms with Gasteiger partial charge in [-0.1, -0.05) is 6.07 Å². The number of hydrogen-bond acceptors (Lipinski definition) is 3. The summed E-state index contributed by atoms with van der Waals surface area (Å²) in [4.78, 5) is 12.2. The molecule has 1 aromatic carbocycles. The third-order valence-electron chi connectivity index (χ3n) is 2.42. The van der Waals surface area contributed by atoms with Crippen molar-refractivity contribution in [3.8, 4) is 5.75 Å². The summed E-state index contributed by atoms with van der Waals surface area (Å²) in [6.45, 7) is 2.31. The van der Waals surface area contributed by atoms with Gasteiger partial charge in [0.25, 0.3) is 0 Å². The van der Waals surface area contributed by atoms with E-state index in [-0.39, 0.29) is 0 Å². The molecule has 1 heterocycles. The average Bonchev–Trinajstić information content (AvgIpc) is 2.68. The Balaban J connectivity index is 2.08. The number of hydrogen-bond donors (Lipinski definition) is 1. The molecule has 0 atom stereocenters. The van der Waals surface area contributed by atoms with Crippen molar-refractivity contribution >= 4 is 39.9 Å². The molecule has 0 aliphatic carbocycles. The topological polar surface area (TPSA) is 46.5 Å². The number of rotatable bonds is 4. The smallest absolute Gasteiger partial charge is 0.345 e. The Labute approximate surface area is 123 Å². The van der Waals surface area contributed by atoms with Crippen molar-refractivity contribution in [2.75, 3.05) is 0 Å². The molecule has 0 saturated carbocycles. The summed E-state index contributed by atoms with van der Waals surface area (Å²) in [5.74, 6) is -0.0898. The van der Waals surface area contributed by atoms with Gasteiger partial charge in [-0.2, -0.15) is 0 Å². The maximum atomic E-state index is 10.9. The largest absolute Gasteiger partial charge is 0.489 e. The maximum absolute atomic E-state index is 10.9. The van der Waals surface area contributed by atoms with E-state index in [0.717, 1.165) is 19.8 Å². The standard InChI is InChI=1S/C13H11IO3S/c1-8-9(5-12(18-8)13(15)16)7-17-11-4-2-3-10(14)6-11/h2-6H,7H2,1H3,(H,15,16). The molecule has 0 fully saturated rings. The fourth-order valence-electron chi connectivity index (χ4n) is 1.49. The van der Waals surface area contributed by atoms with Gasteiger partial charge in [0.15, 0.2) is 0 Å². The summed E-state index contributed by atoms with van der Waals surface area (Å²) in [6.07, 6.45) is 0. The lowest BCUT2D eigenvalue weighted by molar-refractivity contribution is 0.0702. The molecule has 0 aliphatic heterocycles. The van der Waals surface area contributed by atoms with Gasteiger partial charge in [-0.25, -0.2) is 4.79 Å². The number of aromatic carboxylic acids is 1. The molecule has 18 heavy (non-hydrogen) atoms. The van der Waals surface area contributed by atoms with Crippen LogP contribution in [0.2, 0.25) is 0 Å². The Morgan fingerprint density at radius 2 is 2.22 bits per heavy atom. The van der Waals surface area contributed by atoms with E-state index in [1.54, 1.807) is 6.07 Å². The van der Waals surface area contributed by atoms with Crippen molar-refractivity contribution in [1.29, 1.82) is 0 Å². The van der Waals surface area contributed by atoms with Crippen LogP contribution in [0.1, 0.15) is 20.1 Å². The number of aryl methyl sites for hydroxylation is 1. The van der Waals surface area contributed by atoms with Crippen molar-refractivity contribution in [2.24, 2.45) is 0 Å². The average molecular weight is 374 g/mol. The number of carboxylic acid groups (broad SMARTS) is 1. The fourth-order valence-corrected chi connectivity index (χ4v) is 2.87. The van der Waals surface area contributed by atoms with Gasteiger partial charge in [0, 0.05) is 14.0 Å². The third-order valence-corrected chi connectivity index (χ3v) is 4.17. The minimum Gasteiger partial charge on any atom is -0.489 e. The van der Waals surface area contributed by atoms with Crippen LogP contribution in [-0.2, 0) is 6.61 Å². The number of halogens is 1. The van der Waals surface area contributed by atoms with E-state index in [1.807, 2.05) is 31.2 Å². The molecular formula is C13H11IO3S. The molecule has 5 heteroatoms. The first-order valence-corrected chi connectivity index (χ1v) is 7.17. The first-order valence-electron chi connectivity index (χ1n) is 5.27. The van der Waals surface area contributed by atoms with Gasteiger partial charge < -0.3 is 9.84 Å². The van der Waals surface area contributed by atoms with Crippen LogP contribution in [0.15, 0.2) is 30.3 Å². The summed E-state index contributed by atoms with van der Waals surface area (Å²) in [5, 5.41) is 8.91. The number of carbonyl (C=O) groups is 1. The number of carboxylic acids is 1. The predicted octanol–water partition coefficient (Wildman–Crippen LogP) is 3.94. The Morgan fingerprint density at radius 3 is 2.83 bits per heavy atom. The summed E-state index contributed by atoms with van der Waals surface area (Å²) in [5.41, 5.74) is 0.927. The van der Waals surface area contributed by atoms with Gasteiger partial charge >= 0.3 is 5.97 Å². The third kappa shape index (κ3) is 3.23. The van der Waals surface area contributed by atoms with Crippen LogP contribution in [0.4, 0.5) is 0 Å². The lowest BCUT2D eigenvalue weighted by atomic mass is 10.2. The van der Waals surface area contributed by atoms with Crippen LogP contribution in [0.3, 0.4) is 0 Å². The lowest BCUT2D eigenvalue weighted by Crippen LogP contribution is -1.96. The molecule has 3 nitrogen and oxygen atoms in total. The first-order chi connectivity index (χ1) is 8.56. The second-order valence-corrected chi connectivity index (χ2v) is 6.25. The lowest BCUT2D eigenvalue weighted by Gasteiger charge is -2.05. The second-order valence-electron chi connectivity index (χ2n) is 3.74. The van der Waals surface area contributed by atoms with Crippen molar-refractivity contribution in [2.45, 2.75) is 13.5 Å². The maximum Gasteiger partial charge on any atom is 0.345 e. The van der Waals surface area contributed by atoms with Crippen molar-refractivity contribution < 1.29 is 14.6 Å². The minimum absolute atomic E-state index is 0.355. The number of benzene rings is 1. The summed E-state index contributed by atoms with van der Waals surface area (Å²) in [6, 6.07) is 9.44. The number of thiophene rings is 1. The van der Waals surface area contributed by atoms with Crippen LogP contribution in [-0.4, -0.2) is 11.1 Å². The van der Waals surface area contributed by atoms with Crippen LogP contribution < -0.4 is 4.74 Å². The summed E-state index contributed by atoms with van der Waals surface area (Å²) >= 11 is 3.50. The van der Waals surface area contributed by atoms with Crippen molar-refractivity contribution in [1.82, 2.24) is 0 Å². The van der Waals surface area contributed by atoms with Gasteiger partial charge in [0.05, 0.1) is 0 Å². The van der Waals surface area contributed by atoms with E-state index >= 15 is 0 Å². The zero-order valence-electron chi connectivity index (χ0n) is 9.64. The van der Waals surface area contributed by atoms with E-state index in [4.69, 9.17) is 9.84 Å². The highest BCUT2D eigenvalue weighted by Crippen LogP contribution is 2.23. The molecule has 1 aromatic heterocycles. The quantitative estimate of drug-likeness (QED) is 0.825. The van der Waals surface area contributed by atoms with Gasteiger partial charge in [-0.15, -0.1) is 11.3 Å². The van der Waals surface area contributed by atoms with E-state index < -0.39 is 5.97 Å².